The van der Waals surface area contributed by atoms with E-state index in [2.05, 4.69) is 35.6 Å². The Morgan fingerprint density at radius 3 is 2.61 bits per heavy atom. The van der Waals surface area contributed by atoms with Gasteiger partial charge in [-0.2, -0.15) is 5.10 Å². The van der Waals surface area contributed by atoms with Crippen LogP contribution in [0.3, 0.4) is 0 Å². The minimum Gasteiger partial charge on any atom is -0.335 e. The van der Waals surface area contributed by atoms with Crippen LogP contribution in [0.1, 0.15) is 50.0 Å². The van der Waals surface area contributed by atoms with Gasteiger partial charge in [0.25, 0.3) is 0 Å². The zero-order chi connectivity index (χ0) is 25.1. The molecule has 10 nitrogen and oxygen atoms in total. The number of nitrogens with zero attached hydrogens (tertiary/aromatic N) is 5. The molecule has 2 aliphatic heterocycles. The number of amides is 2. The highest BCUT2D eigenvalue weighted by molar-refractivity contribution is 7.91. The summed E-state index contributed by atoms with van der Waals surface area (Å²) in [5.74, 6) is 0.639. The van der Waals surface area contributed by atoms with Gasteiger partial charge in [0.15, 0.2) is 0 Å². The molecule has 0 bridgehead atoms. The van der Waals surface area contributed by atoms with E-state index in [9.17, 15) is 13.2 Å². The molecular weight excluding hydrogens is 478 g/mol. The van der Waals surface area contributed by atoms with Crippen molar-refractivity contribution in [3.05, 3.63) is 30.0 Å². The average molecular weight is 514 g/mol. The van der Waals surface area contributed by atoms with Gasteiger partial charge in [0, 0.05) is 50.3 Å². The van der Waals surface area contributed by atoms with Crippen LogP contribution >= 0.6 is 0 Å². The van der Waals surface area contributed by atoms with E-state index in [0.717, 1.165) is 62.2 Å². The van der Waals surface area contributed by atoms with Crippen LogP contribution in [0.5, 0.6) is 0 Å². The summed E-state index contributed by atoms with van der Waals surface area (Å²) in [4.78, 5) is 23.8. The number of sulfone groups is 1. The fourth-order valence-electron chi connectivity index (χ4n) is 5.36. The largest absolute Gasteiger partial charge is 0.335 e. The molecule has 0 spiro atoms. The molecule has 1 saturated heterocycles. The number of pyridine rings is 2. The van der Waals surface area contributed by atoms with Gasteiger partial charge in [0.2, 0.25) is 0 Å². The molecule has 0 aromatic carbocycles. The highest BCUT2D eigenvalue weighted by atomic mass is 32.2. The van der Waals surface area contributed by atoms with Crippen LogP contribution in [0.25, 0.3) is 11.0 Å². The number of likely N-dealkylation sites (tertiary alicyclic amines) is 1. The summed E-state index contributed by atoms with van der Waals surface area (Å²) in [6, 6.07) is 5.72. The number of hydrogen-bond acceptors (Lipinski definition) is 8. The van der Waals surface area contributed by atoms with Crippen LogP contribution in [0.4, 0.5) is 10.6 Å². The molecule has 2 amide bonds. The lowest BCUT2D eigenvalue weighted by Gasteiger charge is -2.31. The molecule has 194 valence electrons. The van der Waals surface area contributed by atoms with Gasteiger partial charge in [-0.05, 0) is 62.5 Å². The molecule has 2 aromatic rings. The van der Waals surface area contributed by atoms with Gasteiger partial charge in [-0.1, -0.05) is 12.8 Å². The Balaban J connectivity index is 1.14. The fraction of sp³-hybridized carbons (Fsp3) is 0.600. The third-order valence-corrected chi connectivity index (χ3v) is 9.23. The van der Waals surface area contributed by atoms with E-state index in [1.165, 1.54) is 19.1 Å². The van der Waals surface area contributed by atoms with Gasteiger partial charge in [-0.3, -0.25) is 15.3 Å². The first kappa shape index (κ1) is 24.9. The molecule has 3 aliphatic rings. The number of rotatable bonds is 7. The van der Waals surface area contributed by atoms with E-state index in [0.29, 0.717) is 18.7 Å². The Labute approximate surface area is 212 Å². The minimum atomic E-state index is -2.94. The quantitative estimate of drug-likeness (QED) is 0.584. The molecule has 2 fully saturated rings. The molecule has 2 N–H and O–H groups in total. The van der Waals surface area contributed by atoms with E-state index in [4.69, 9.17) is 0 Å². The predicted molar refractivity (Wildman–Crippen MR) is 141 cm³/mol. The first-order valence-electron chi connectivity index (χ1n) is 12.9. The van der Waals surface area contributed by atoms with Gasteiger partial charge in [-0.25, -0.2) is 18.2 Å². The van der Waals surface area contributed by atoms with Crippen LogP contribution < -0.4 is 10.6 Å². The molecule has 5 rings (SSSR count). The minimum absolute atomic E-state index is 0.127. The van der Waals surface area contributed by atoms with E-state index in [-0.39, 0.29) is 23.2 Å². The molecule has 1 aliphatic carbocycles. The third kappa shape index (κ3) is 6.12. The Bertz CT molecular complexity index is 1220. The van der Waals surface area contributed by atoms with E-state index < -0.39 is 9.84 Å². The number of hydrazone groups is 1. The lowest BCUT2D eigenvalue weighted by atomic mass is 10.0. The summed E-state index contributed by atoms with van der Waals surface area (Å²) in [6.07, 6.45) is 11.0. The second kappa shape index (κ2) is 10.7. The monoisotopic (exact) mass is 513 g/mol. The predicted octanol–water partition coefficient (Wildman–Crippen LogP) is 2.59. The SMILES string of the molecule is CS(=O)(=O)C1CCN(CCN2CC(c3cnc4ccc(NC(=O)NC5CCCC5)nc4c3)C=N2)CC1. The zero-order valence-corrected chi connectivity index (χ0v) is 21.6. The number of piperidine rings is 1. The van der Waals surface area contributed by atoms with Crippen molar-refractivity contribution in [1.29, 1.82) is 0 Å². The first-order valence-corrected chi connectivity index (χ1v) is 14.8. The maximum absolute atomic E-state index is 12.3. The van der Waals surface area contributed by atoms with Crippen molar-refractivity contribution in [3.8, 4) is 0 Å². The summed E-state index contributed by atoms with van der Waals surface area (Å²) in [5.41, 5.74) is 2.57. The van der Waals surface area contributed by atoms with E-state index in [1.807, 2.05) is 24.5 Å². The normalized spacial score (nSPS) is 21.9. The Morgan fingerprint density at radius 2 is 1.86 bits per heavy atom. The van der Waals surface area contributed by atoms with Crippen molar-refractivity contribution >= 4 is 38.9 Å². The number of anilines is 1. The first-order chi connectivity index (χ1) is 17.3. The molecule has 11 heteroatoms. The highest BCUT2D eigenvalue weighted by Crippen LogP contribution is 2.24. The van der Waals surface area contributed by atoms with Crippen molar-refractivity contribution in [2.45, 2.75) is 55.7 Å². The van der Waals surface area contributed by atoms with Gasteiger partial charge in [-0.15, -0.1) is 0 Å². The van der Waals surface area contributed by atoms with Gasteiger partial charge in [0.1, 0.15) is 15.7 Å². The van der Waals surface area contributed by atoms with Crippen LogP contribution in [-0.4, -0.2) is 90.8 Å². The molecule has 1 saturated carbocycles. The summed E-state index contributed by atoms with van der Waals surface area (Å²) in [5, 5.41) is 12.3. The molecule has 1 atom stereocenters. The number of carbonyl (C=O) groups is 1. The number of carbonyl (C=O) groups excluding carboxylic acids is 1. The zero-order valence-electron chi connectivity index (χ0n) is 20.8. The van der Waals surface area contributed by atoms with Crippen molar-refractivity contribution in [3.63, 3.8) is 0 Å². The Kier molecular flexibility index (Phi) is 7.38. The molecule has 4 heterocycles. The Hall–Kier alpha value is -2.79. The van der Waals surface area contributed by atoms with Gasteiger partial charge in [0.05, 0.1) is 16.3 Å². The van der Waals surface area contributed by atoms with Crippen molar-refractivity contribution in [2.75, 3.05) is 44.3 Å². The van der Waals surface area contributed by atoms with Crippen molar-refractivity contribution in [1.82, 2.24) is 25.2 Å². The molecule has 1 unspecified atom stereocenters. The smallest absolute Gasteiger partial charge is 0.320 e. The summed E-state index contributed by atoms with van der Waals surface area (Å²) >= 11 is 0. The molecular formula is C25H35N7O3S. The third-order valence-electron chi connectivity index (χ3n) is 7.55. The summed E-state index contributed by atoms with van der Waals surface area (Å²) < 4.78 is 23.5. The average Bonchev–Trinajstić information content (AvgIpc) is 3.54. The topological polar surface area (TPSA) is 120 Å². The number of aromatic nitrogens is 2. The van der Waals surface area contributed by atoms with Crippen molar-refractivity contribution in [2.24, 2.45) is 5.10 Å². The van der Waals surface area contributed by atoms with Crippen LogP contribution in [0, 0.1) is 0 Å². The molecule has 2 aromatic heterocycles. The number of nitrogens with one attached hydrogen (secondary N) is 2. The highest BCUT2D eigenvalue weighted by Gasteiger charge is 2.27. The maximum Gasteiger partial charge on any atom is 0.320 e. The number of urea groups is 1. The maximum atomic E-state index is 12.3. The summed E-state index contributed by atoms with van der Waals surface area (Å²) in [7, 11) is -2.94. The molecule has 0 radical (unpaired) electrons. The van der Waals surface area contributed by atoms with Crippen LogP contribution in [0.15, 0.2) is 29.5 Å². The van der Waals surface area contributed by atoms with Crippen molar-refractivity contribution < 1.29 is 13.2 Å². The number of hydrogen-bond donors (Lipinski definition) is 2. The van der Waals surface area contributed by atoms with E-state index >= 15 is 0 Å². The lowest BCUT2D eigenvalue weighted by molar-refractivity contribution is 0.191. The Morgan fingerprint density at radius 1 is 1.08 bits per heavy atom. The number of fused-ring (bicyclic) bond motifs is 1. The second-order valence-corrected chi connectivity index (χ2v) is 12.6. The fourth-order valence-corrected chi connectivity index (χ4v) is 6.42. The summed E-state index contributed by atoms with van der Waals surface area (Å²) in [6.45, 7) is 4.08. The molecule has 36 heavy (non-hydrogen) atoms. The van der Waals surface area contributed by atoms with Crippen LogP contribution in [0.2, 0.25) is 0 Å². The van der Waals surface area contributed by atoms with Gasteiger partial charge < -0.3 is 10.2 Å². The van der Waals surface area contributed by atoms with Crippen LogP contribution in [-0.2, 0) is 9.84 Å². The standard InChI is InChI=1S/C25H35N7O3S/c1-36(34,35)21-8-10-31(11-9-21)12-13-32-17-19(16-27-32)18-14-23-22(26-15-18)6-7-24(29-23)30-25(33)28-20-4-2-3-5-20/h6-7,14-16,19-21H,2-5,8-13,17H2,1H3,(H2,28,29,30,33). The van der Waals surface area contributed by atoms with Gasteiger partial charge >= 0.3 is 6.03 Å². The second-order valence-electron chi connectivity index (χ2n) is 10.2. The van der Waals surface area contributed by atoms with E-state index in [1.54, 1.807) is 6.07 Å². The lowest BCUT2D eigenvalue weighted by Crippen LogP contribution is -2.41.